The van der Waals surface area contributed by atoms with Gasteiger partial charge in [-0.2, -0.15) is 0 Å². The number of hydrogen-bond acceptors (Lipinski definition) is 4. The number of carbonyl (C=O) groups excluding carboxylic acids is 1. The molecule has 0 N–H and O–H groups in total. The fraction of sp³-hybridized carbons (Fsp3) is 0.222. The summed E-state index contributed by atoms with van der Waals surface area (Å²) >= 11 is 5.76. The Morgan fingerprint density at radius 3 is 2.79 bits per heavy atom. The van der Waals surface area contributed by atoms with E-state index in [0.29, 0.717) is 17.7 Å². The zero-order chi connectivity index (χ0) is 10.1. The summed E-state index contributed by atoms with van der Waals surface area (Å²) in [4.78, 5) is 20.5. The van der Waals surface area contributed by atoms with E-state index in [4.69, 9.17) is 11.6 Å². The van der Waals surface area contributed by atoms with Crippen molar-refractivity contribution < 1.29 is 4.79 Å². The Hall–Kier alpha value is -1.42. The molecule has 0 saturated carbocycles. The zero-order valence-corrected chi connectivity index (χ0v) is 8.16. The van der Waals surface area contributed by atoms with Gasteiger partial charge < -0.3 is 4.90 Å². The topological polar surface area (TPSA) is 46.1 Å². The van der Waals surface area contributed by atoms with Crippen molar-refractivity contribution in [3.63, 3.8) is 0 Å². The van der Waals surface area contributed by atoms with Crippen molar-refractivity contribution in [3.8, 4) is 0 Å². The summed E-state index contributed by atoms with van der Waals surface area (Å²) in [6.07, 6.45) is 2.03. The van der Waals surface area contributed by atoms with E-state index in [2.05, 4.69) is 16.5 Å². The molecule has 0 spiro atoms. The number of hydrogen-bond donors (Lipinski definition) is 0. The van der Waals surface area contributed by atoms with Gasteiger partial charge in [-0.1, -0.05) is 18.2 Å². The molecule has 1 aromatic rings. The van der Waals surface area contributed by atoms with Gasteiger partial charge in [0.15, 0.2) is 6.29 Å². The van der Waals surface area contributed by atoms with Crippen LogP contribution in [0.15, 0.2) is 18.5 Å². The van der Waals surface area contributed by atoms with Crippen molar-refractivity contribution in [3.05, 3.63) is 29.2 Å². The summed E-state index contributed by atoms with van der Waals surface area (Å²) < 4.78 is 0. The van der Waals surface area contributed by atoms with Crippen LogP contribution in [0, 0.1) is 0 Å². The van der Waals surface area contributed by atoms with Crippen molar-refractivity contribution >= 4 is 23.7 Å². The van der Waals surface area contributed by atoms with Crippen LogP contribution in [0.1, 0.15) is 10.4 Å². The lowest BCUT2D eigenvalue weighted by Gasteiger charge is -2.34. The maximum atomic E-state index is 10.8. The second-order valence-electron chi connectivity index (χ2n) is 3.13. The Morgan fingerprint density at radius 2 is 2.21 bits per heavy atom. The summed E-state index contributed by atoms with van der Waals surface area (Å²) in [5.74, 6) is 0.590. The molecular formula is C9H8ClN3O. The molecule has 0 atom stereocenters. The minimum Gasteiger partial charge on any atom is -0.348 e. The first kappa shape index (κ1) is 9.15. The third-order valence-corrected chi connectivity index (χ3v) is 2.36. The predicted octanol–water partition coefficient (Wildman–Crippen LogP) is 1.32. The molecule has 1 aliphatic rings. The number of carbonyl (C=O) groups is 1. The predicted molar refractivity (Wildman–Crippen MR) is 53.8 cm³/mol. The molecule has 1 aliphatic heterocycles. The van der Waals surface area contributed by atoms with Crippen molar-refractivity contribution in [1.82, 2.24) is 9.97 Å². The quantitative estimate of drug-likeness (QED) is 0.419. The molecule has 2 heterocycles. The molecule has 1 fully saturated rings. The molecule has 0 radical (unpaired) electrons. The maximum Gasteiger partial charge on any atom is 0.156 e. The smallest absolute Gasteiger partial charge is 0.156 e. The van der Waals surface area contributed by atoms with Gasteiger partial charge in [-0.3, -0.25) is 4.79 Å². The van der Waals surface area contributed by atoms with Crippen molar-refractivity contribution in [2.24, 2.45) is 0 Å². The average Bonchev–Trinajstić information content (AvgIpc) is 2.13. The van der Waals surface area contributed by atoms with Crippen molar-refractivity contribution in [2.45, 2.75) is 0 Å². The minimum absolute atomic E-state index is 0.197. The largest absolute Gasteiger partial charge is 0.348 e. The first-order valence-corrected chi connectivity index (χ1v) is 4.47. The number of aldehydes is 1. The fourth-order valence-corrected chi connectivity index (χ4v) is 1.53. The Kier molecular flexibility index (Phi) is 2.21. The molecule has 0 aliphatic carbocycles. The Bertz CT molecular complexity index is 397. The molecule has 1 aromatic heterocycles. The first-order chi connectivity index (χ1) is 6.72. The van der Waals surface area contributed by atoms with Crippen LogP contribution in [0.3, 0.4) is 0 Å². The normalized spacial score (nSPS) is 15.2. The Morgan fingerprint density at radius 1 is 1.50 bits per heavy atom. The number of rotatable bonds is 2. The van der Waals surface area contributed by atoms with Crippen LogP contribution in [-0.2, 0) is 0 Å². The van der Waals surface area contributed by atoms with Gasteiger partial charge in [0, 0.05) is 13.1 Å². The summed E-state index contributed by atoms with van der Waals surface area (Å²) in [7, 11) is 0. The Labute approximate surface area is 86.2 Å². The van der Waals surface area contributed by atoms with Crippen LogP contribution in [0.5, 0.6) is 0 Å². The van der Waals surface area contributed by atoms with E-state index in [1.54, 1.807) is 0 Å². The van der Waals surface area contributed by atoms with Gasteiger partial charge >= 0.3 is 0 Å². The molecule has 0 bridgehead atoms. The molecular weight excluding hydrogens is 202 g/mol. The maximum absolute atomic E-state index is 10.8. The van der Waals surface area contributed by atoms with E-state index < -0.39 is 0 Å². The molecule has 72 valence electrons. The Balaban J connectivity index is 2.37. The first-order valence-electron chi connectivity index (χ1n) is 4.09. The average molecular weight is 210 g/mol. The molecule has 0 aromatic carbocycles. The number of nitrogens with zero attached hydrogens (tertiary/aromatic N) is 3. The summed E-state index contributed by atoms with van der Waals surface area (Å²) in [6.45, 7) is 5.27. The molecule has 2 rings (SSSR count). The lowest BCUT2D eigenvalue weighted by atomic mass is 10.1. The van der Waals surface area contributed by atoms with E-state index >= 15 is 0 Å². The number of halogens is 1. The molecule has 14 heavy (non-hydrogen) atoms. The van der Waals surface area contributed by atoms with Gasteiger partial charge in [-0.05, 0) is 5.57 Å². The molecule has 0 amide bonds. The SMILES string of the molecule is C=C1CN(c2ncnc(Cl)c2C=O)C1. The van der Waals surface area contributed by atoms with Crippen LogP contribution < -0.4 is 4.90 Å². The number of aromatic nitrogens is 2. The summed E-state index contributed by atoms with van der Waals surface area (Å²) in [5.41, 5.74) is 1.47. The second-order valence-corrected chi connectivity index (χ2v) is 3.48. The van der Waals surface area contributed by atoms with E-state index in [1.807, 2.05) is 4.90 Å². The minimum atomic E-state index is 0.197. The highest BCUT2D eigenvalue weighted by Crippen LogP contribution is 2.26. The van der Waals surface area contributed by atoms with E-state index in [1.165, 1.54) is 6.33 Å². The van der Waals surface area contributed by atoms with Crippen LogP contribution in [0.25, 0.3) is 0 Å². The van der Waals surface area contributed by atoms with Crippen molar-refractivity contribution in [1.29, 1.82) is 0 Å². The molecule has 4 nitrogen and oxygen atoms in total. The lowest BCUT2D eigenvalue weighted by molar-refractivity contribution is 0.112. The van der Waals surface area contributed by atoms with Crippen LogP contribution in [0.4, 0.5) is 5.82 Å². The monoisotopic (exact) mass is 209 g/mol. The third kappa shape index (κ3) is 1.37. The van der Waals surface area contributed by atoms with E-state index in [-0.39, 0.29) is 5.15 Å². The van der Waals surface area contributed by atoms with Crippen molar-refractivity contribution in [2.75, 3.05) is 18.0 Å². The zero-order valence-electron chi connectivity index (χ0n) is 7.40. The van der Waals surface area contributed by atoms with Crippen LogP contribution in [0.2, 0.25) is 5.15 Å². The van der Waals surface area contributed by atoms with Crippen LogP contribution >= 0.6 is 11.6 Å². The van der Waals surface area contributed by atoms with Gasteiger partial charge in [0.05, 0.1) is 5.56 Å². The van der Waals surface area contributed by atoms with Gasteiger partial charge in [0.1, 0.15) is 17.3 Å². The van der Waals surface area contributed by atoms with Gasteiger partial charge in [-0.25, -0.2) is 9.97 Å². The summed E-state index contributed by atoms with van der Waals surface area (Å²) in [5, 5.41) is 0.197. The summed E-state index contributed by atoms with van der Waals surface area (Å²) in [6, 6.07) is 0. The fourth-order valence-electron chi connectivity index (χ4n) is 1.36. The third-order valence-electron chi connectivity index (χ3n) is 2.06. The van der Waals surface area contributed by atoms with Gasteiger partial charge in [0.2, 0.25) is 0 Å². The van der Waals surface area contributed by atoms with E-state index in [9.17, 15) is 4.79 Å². The highest BCUT2D eigenvalue weighted by atomic mass is 35.5. The number of anilines is 1. The highest BCUT2D eigenvalue weighted by Gasteiger charge is 2.23. The van der Waals surface area contributed by atoms with Gasteiger partial charge in [-0.15, -0.1) is 0 Å². The molecule has 1 saturated heterocycles. The molecule has 5 heteroatoms. The molecule has 0 unspecified atom stereocenters. The lowest BCUT2D eigenvalue weighted by Crippen LogP contribution is -2.40. The van der Waals surface area contributed by atoms with Gasteiger partial charge in [0.25, 0.3) is 0 Å². The van der Waals surface area contributed by atoms with E-state index in [0.717, 1.165) is 18.7 Å². The van der Waals surface area contributed by atoms with Crippen LogP contribution in [-0.4, -0.2) is 29.3 Å². The highest BCUT2D eigenvalue weighted by molar-refractivity contribution is 6.32. The standard InChI is InChI=1S/C9H8ClN3O/c1-6-2-13(3-6)9-7(4-14)8(10)11-5-12-9/h4-5H,1-3H2. The second kappa shape index (κ2) is 3.38.